The van der Waals surface area contributed by atoms with Crippen molar-refractivity contribution in [3.8, 4) is 31.3 Å². The lowest BCUT2D eigenvalue weighted by atomic mass is 9.37. The van der Waals surface area contributed by atoms with Crippen molar-refractivity contribution >= 4 is 102 Å². The zero-order valence-electron chi connectivity index (χ0n) is 55.3. The van der Waals surface area contributed by atoms with Gasteiger partial charge in [-0.1, -0.05) is 270 Å². The molecule has 0 saturated heterocycles. The van der Waals surface area contributed by atoms with E-state index in [0.717, 1.165) is 34.1 Å². The van der Waals surface area contributed by atoms with E-state index >= 15 is 0 Å². The maximum Gasteiger partial charge on any atom is 0.255 e. The fourth-order valence-electron chi connectivity index (χ4n) is 13.2. The Hall–Kier alpha value is -9.45. The van der Waals surface area contributed by atoms with E-state index in [2.05, 4.69) is 360 Å². The molecule has 0 aliphatic heterocycles. The number of hydrogen-bond acceptors (Lipinski definition) is 4. The van der Waals surface area contributed by atoms with Gasteiger partial charge in [-0.15, -0.1) is 22.7 Å². The van der Waals surface area contributed by atoms with Crippen molar-refractivity contribution in [2.75, 3.05) is 9.80 Å². The van der Waals surface area contributed by atoms with Gasteiger partial charge >= 0.3 is 0 Å². The fourth-order valence-corrected chi connectivity index (χ4v) is 15.3. The van der Waals surface area contributed by atoms with Crippen LogP contribution in [-0.4, -0.2) is 13.4 Å². The van der Waals surface area contributed by atoms with Gasteiger partial charge in [-0.2, -0.15) is 0 Å². The highest BCUT2D eigenvalue weighted by atomic mass is 32.1. The summed E-state index contributed by atoms with van der Waals surface area (Å²) in [6, 6.07) is 98.7. The molecular formula is C86H80B2N2S2. The summed E-state index contributed by atoms with van der Waals surface area (Å²) < 4.78 is 1.40. The Bertz CT molecular complexity index is 4250. The molecule has 0 amide bonds. The maximum atomic E-state index is 2.37. The Morgan fingerprint density at radius 3 is 0.739 bits per heavy atom. The van der Waals surface area contributed by atoms with Crippen molar-refractivity contribution in [1.29, 1.82) is 0 Å². The Morgan fingerprint density at radius 2 is 0.446 bits per heavy atom. The van der Waals surface area contributed by atoms with Crippen LogP contribution >= 0.6 is 22.7 Å². The standard InChI is InChI=1S/C44H38N2S.C42H42B2S/c1-31-5-17-37(18-6-31)45(38-19-7-32(2)8-20-38)41-25-13-35(14-26-41)43-29-30-44(47-43)36-15-27-42(28-16-36)46(39-21-9-33(3)10-22-39)40-23-11-34(4)12-24-40;1-27-9-15-36(16-10-27)43(37-17-11-28(2)12-18-37)38-19-13-35(14-20-38)39-21-22-40(45-39)44(41-31(5)23-29(3)24-32(41)6)42-33(7)25-30(4)26-34(42)8/h5-30H,1-4H3;9-26H,1-8H3. The molecule has 11 aromatic carbocycles. The summed E-state index contributed by atoms with van der Waals surface area (Å²) in [5.74, 6) is 0. The molecule has 2 aromatic heterocycles. The molecule has 0 fully saturated rings. The summed E-state index contributed by atoms with van der Waals surface area (Å²) in [6.07, 6.45) is 0. The number of benzene rings is 11. The average molecular weight is 1230 g/mol. The molecule has 2 nitrogen and oxygen atoms in total. The zero-order valence-corrected chi connectivity index (χ0v) is 56.9. The predicted molar refractivity (Wildman–Crippen MR) is 406 cm³/mol. The van der Waals surface area contributed by atoms with Gasteiger partial charge < -0.3 is 9.80 Å². The van der Waals surface area contributed by atoms with Gasteiger partial charge in [0.1, 0.15) is 0 Å². The molecule has 6 heteroatoms. The summed E-state index contributed by atoms with van der Waals surface area (Å²) in [7, 11) is 0. The topological polar surface area (TPSA) is 6.48 Å². The van der Waals surface area contributed by atoms with Gasteiger partial charge in [0.25, 0.3) is 6.71 Å². The molecular weight excluding hydrogens is 1150 g/mol. The lowest BCUT2D eigenvalue weighted by Gasteiger charge is -2.26. The molecule has 452 valence electrons. The average Bonchev–Trinajstić information content (AvgIpc) is 1.36. The Kier molecular flexibility index (Phi) is 18.8. The third kappa shape index (κ3) is 14.0. The largest absolute Gasteiger partial charge is 0.311 e. The van der Waals surface area contributed by atoms with E-state index in [-0.39, 0.29) is 13.4 Å². The number of aryl methyl sites for hydroxylation is 12. The minimum Gasteiger partial charge on any atom is -0.311 e. The Balaban J connectivity index is 0.000000178. The molecule has 2 heterocycles. The van der Waals surface area contributed by atoms with Gasteiger partial charge in [0, 0.05) is 48.8 Å². The van der Waals surface area contributed by atoms with Crippen LogP contribution in [0.3, 0.4) is 0 Å². The van der Waals surface area contributed by atoms with E-state index in [1.165, 1.54) is 130 Å². The number of thiophene rings is 2. The Labute approximate surface area is 556 Å². The lowest BCUT2D eigenvalue weighted by molar-refractivity contribution is 1.27. The maximum absolute atomic E-state index is 2.37. The van der Waals surface area contributed by atoms with Crippen LogP contribution in [0.25, 0.3) is 31.3 Å². The molecule has 13 aromatic rings. The summed E-state index contributed by atoms with van der Waals surface area (Å²) in [5.41, 5.74) is 33.2. The monoisotopic (exact) mass is 1230 g/mol. The molecule has 0 spiro atoms. The van der Waals surface area contributed by atoms with Crippen molar-refractivity contribution < 1.29 is 0 Å². The van der Waals surface area contributed by atoms with Crippen molar-refractivity contribution in [3.63, 3.8) is 0 Å². The minimum atomic E-state index is 0.198. The van der Waals surface area contributed by atoms with Crippen LogP contribution in [0.4, 0.5) is 34.1 Å². The number of anilines is 6. The van der Waals surface area contributed by atoms with Crippen LogP contribution in [-0.2, 0) is 0 Å². The summed E-state index contributed by atoms with van der Waals surface area (Å²) in [4.78, 5) is 8.47. The van der Waals surface area contributed by atoms with Crippen LogP contribution in [0.1, 0.15) is 66.8 Å². The molecule has 0 unspecified atom stereocenters. The zero-order chi connectivity index (χ0) is 64.2. The summed E-state index contributed by atoms with van der Waals surface area (Å²) in [5, 5.41) is 0. The van der Waals surface area contributed by atoms with Gasteiger partial charge in [0.15, 0.2) is 0 Å². The molecule has 0 bridgehead atoms. The molecule has 0 N–H and O–H groups in total. The molecule has 0 aliphatic carbocycles. The second-order valence-corrected chi connectivity index (χ2v) is 27.6. The quantitative estimate of drug-likeness (QED) is 0.0944. The first kappa shape index (κ1) is 62.7. The number of rotatable bonds is 15. The van der Waals surface area contributed by atoms with Crippen molar-refractivity contribution in [1.82, 2.24) is 0 Å². The van der Waals surface area contributed by atoms with Crippen LogP contribution in [0, 0.1) is 83.1 Å². The number of hydrogen-bond donors (Lipinski definition) is 0. The van der Waals surface area contributed by atoms with Crippen LogP contribution in [0.15, 0.2) is 267 Å². The second-order valence-electron chi connectivity index (χ2n) is 25.4. The second kappa shape index (κ2) is 27.6. The molecule has 13 rings (SSSR count). The van der Waals surface area contributed by atoms with Gasteiger partial charge in [0.2, 0.25) is 6.71 Å². The van der Waals surface area contributed by atoms with E-state index in [9.17, 15) is 0 Å². The normalized spacial score (nSPS) is 11.0. The highest BCUT2D eigenvalue weighted by Gasteiger charge is 2.30. The fraction of sp³-hybridized carbons (Fsp3) is 0.140. The first-order chi connectivity index (χ1) is 44.5. The van der Waals surface area contributed by atoms with E-state index in [0.29, 0.717) is 0 Å². The highest BCUT2D eigenvalue weighted by molar-refractivity contribution is 7.29. The first-order valence-corrected chi connectivity index (χ1v) is 33.8. The van der Waals surface area contributed by atoms with Gasteiger partial charge in [-0.25, -0.2) is 0 Å². The van der Waals surface area contributed by atoms with Gasteiger partial charge in [0.05, 0.1) is 0 Å². The van der Waals surface area contributed by atoms with Crippen LogP contribution in [0.5, 0.6) is 0 Å². The third-order valence-corrected chi connectivity index (χ3v) is 20.3. The first-order valence-electron chi connectivity index (χ1n) is 32.2. The van der Waals surface area contributed by atoms with Crippen molar-refractivity contribution in [3.05, 3.63) is 334 Å². The van der Waals surface area contributed by atoms with Gasteiger partial charge in [-0.05, 0) is 196 Å². The van der Waals surface area contributed by atoms with Crippen LogP contribution in [0.2, 0.25) is 0 Å². The molecule has 0 aliphatic rings. The Morgan fingerprint density at radius 1 is 0.217 bits per heavy atom. The van der Waals surface area contributed by atoms with E-state index < -0.39 is 0 Å². The SMILES string of the molecule is Cc1ccc(B(c2ccc(C)cc2)c2ccc(-c3ccc(B(c4c(C)cc(C)cc4C)c4c(C)cc(C)cc4C)s3)cc2)cc1.Cc1ccc(N(c2ccc(C)cc2)c2ccc(-c3ccc(-c4ccc(N(c5ccc(C)cc5)c5ccc(C)cc5)cc4)s3)cc2)cc1. The van der Waals surface area contributed by atoms with E-state index in [1.54, 1.807) is 0 Å². The van der Waals surface area contributed by atoms with Gasteiger partial charge in [-0.3, -0.25) is 0 Å². The molecule has 0 radical (unpaired) electrons. The lowest BCUT2D eigenvalue weighted by Crippen LogP contribution is -2.54. The minimum absolute atomic E-state index is 0.198. The third-order valence-electron chi connectivity index (χ3n) is 17.9. The molecule has 0 atom stereocenters. The van der Waals surface area contributed by atoms with E-state index in [1.807, 2.05) is 22.7 Å². The molecule has 92 heavy (non-hydrogen) atoms. The predicted octanol–water partition coefficient (Wildman–Crippen LogP) is 20.2. The summed E-state index contributed by atoms with van der Waals surface area (Å²) >= 11 is 3.77. The highest BCUT2D eigenvalue weighted by Crippen LogP contribution is 2.41. The summed E-state index contributed by atoms with van der Waals surface area (Å²) in [6.45, 7) is 26.8. The number of nitrogens with zero attached hydrogens (tertiary/aromatic N) is 2. The van der Waals surface area contributed by atoms with Crippen molar-refractivity contribution in [2.24, 2.45) is 0 Å². The van der Waals surface area contributed by atoms with Crippen LogP contribution < -0.4 is 41.9 Å². The smallest absolute Gasteiger partial charge is 0.255 e. The van der Waals surface area contributed by atoms with Crippen molar-refractivity contribution in [2.45, 2.75) is 83.1 Å². The van der Waals surface area contributed by atoms with E-state index in [4.69, 9.17) is 0 Å². The molecule has 0 saturated carbocycles.